The molecule has 0 bridgehead atoms. The highest BCUT2D eigenvalue weighted by atomic mass is 16.5. The number of rotatable bonds is 6. The van der Waals surface area contributed by atoms with E-state index in [0.717, 1.165) is 17.9 Å². The molecule has 0 aliphatic heterocycles. The summed E-state index contributed by atoms with van der Waals surface area (Å²) in [4.78, 5) is 0. The van der Waals surface area contributed by atoms with E-state index >= 15 is 0 Å². The first-order valence-corrected chi connectivity index (χ1v) is 6.75. The van der Waals surface area contributed by atoms with Gasteiger partial charge >= 0.3 is 0 Å². The molecule has 0 saturated carbocycles. The van der Waals surface area contributed by atoms with E-state index in [1.807, 2.05) is 38.1 Å². The van der Waals surface area contributed by atoms with Crippen LogP contribution in [0.1, 0.15) is 25.0 Å². The molecule has 0 atom stereocenters. The third kappa shape index (κ3) is 4.02. The lowest BCUT2D eigenvalue weighted by atomic mass is 10.0. The van der Waals surface area contributed by atoms with Crippen molar-refractivity contribution in [2.24, 2.45) is 0 Å². The second-order valence-corrected chi connectivity index (χ2v) is 4.33. The van der Waals surface area contributed by atoms with Crippen molar-refractivity contribution < 1.29 is 9.47 Å². The molecule has 0 heterocycles. The van der Waals surface area contributed by atoms with Gasteiger partial charge in [0.05, 0.1) is 13.2 Å². The van der Waals surface area contributed by atoms with Crippen molar-refractivity contribution in [1.82, 2.24) is 0 Å². The Morgan fingerprint density at radius 2 is 1.00 bits per heavy atom. The molecule has 2 rings (SSSR count). The second kappa shape index (κ2) is 6.83. The lowest BCUT2D eigenvalue weighted by Gasteiger charge is -2.07. The molecule has 100 valence electrons. The Kier molecular flexibility index (Phi) is 4.85. The first kappa shape index (κ1) is 13.5. The first-order chi connectivity index (χ1) is 9.31. The van der Waals surface area contributed by atoms with Gasteiger partial charge in [-0.1, -0.05) is 24.3 Å². The molecule has 0 unspecified atom stereocenters. The van der Waals surface area contributed by atoms with Crippen LogP contribution in [0.5, 0.6) is 11.5 Å². The molecule has 2 aromatic carbocycles. The van der Waals surface area contributed by atoms with Gasteiger partial charge in [-0.15, -0.1) is 0 Å². The molecular weight excluding hydrogens is 236 g/mol. The van der Waals surface area contributed by atoms with E-state index in [9.17, 15) is 0 Å². The fourth-order valence-electron chi connectivity index (χ4n) is 1.98. The largest absolute Gasteiger partial charge is 0.494 e. The second-order valence-electron chi connectivity index (χ2n) is 4.33. The molecule has 2 heteroatoms. The van der Waals surface area contributed by atoms with Crippen LogP contribution in [0.3, 0.4) is 0 Å². The average molecular weight is 256 g/mol. The van der Waals surface area contributed by atoms with Crippen molar-refractivity contribution >= 4 is 0 Å². The molecule has 0 aliphatic rings. The van der Waals surface area contributed by atoms with Gasteiger partial charge in [-0.25, -0.2) is 0 Å². The van der Waals surface area contributed by atoms with Gasteiger partial charge in [0.25, 0.3) is 0 Å². The molecule has 2 nitrogen and oxygen atoms in total. The maximum Gasteiger partial charge on any atom is 0.119 e. The van der Waals surface area contributed by atoms with Gasteiger partial charge in [-0.2, -0.15) is 0 Å². The van der Waals surface area contributed by atoms with Crippen molar-refractivity contribution in [3.63, 3.8) is 0 Å². The van der Waals surface area contributed by atoms with Crippen molar-refractivity contribution in [3.8, 4) is 11.5 Å². The van der Waals surface area contributed by atoms with Crippen LogP contribution in [0.25, 0.3) is 0 Å². The standard InChI is InChI=1S/C17H20O2/c1-3-18-16-9-5-14(6-10-16)13-15-7-11-17(12-8-15)19-4-2/h5-12H,3-4,13H2,1-2H3. The average Bonchev–Trinajstić information content (AvgIpc) is 2.44. The summed E-state index contributed by atoms with van der Waals surface area (Å²) in [5.74, 6) is 1.86. The lowest BCUT2D eigenvalue weighted by Crippen LogP contribution is -1.93. The number of benzene rings is 2. The molecule has 0 saturated heterocycles. The normalized spacial score (nSPS) is 10.2. The number of hydrogen-bond acceptors (Lipinski definition) is 2. The Balaban J connectivity index is 1.99. The molecular formula is C17H20O2. The fraction of sp³-hybridized carbons (Fsp3) is 0.294. The van der Waals surface area contributed by atoms with Crippen LogP contribution in [0.2, 0.25) is 0 Å². The van der Waals surface area contributed by atoms with Crippen LogP contribution in [0, 0.1) is 0 Å². The SMILES string of the molecule is CCOc1ccc(Cc2ccc(OCC)cc2)cc1. The summed E-state index contributed by atoms with van der Waals surface area (Å²) < 4.78 is 10.9. The smallest absolute Gasteiger partial charge is 0.119 e. The summed E-state index contributed by atoms with van der Waals surface area (Å²) in [6, 6.07) is 16.5. The fourth-order valence-corrected chi connectivity index (χ4v) is 1.98. The first-order valence-electron chi connectivity index (χ1n) is 6.75. The van der Waals surface area contributed by atoms with E-state index in [0.29, 0.717) is 13.2 Å². The monoisotopic (exact) mass is 256 g/mol. The predicted octanol–water partition coefficient (Wildman–Crippen LogP) is 4.07. The van der Waals surface area contributed by atoms with Crippen LogP contribution in [0.15, 0.2) is 48.5 Å². The van der Waals surface area contributed by atoms with Crippen LogP contribution in [0.4, 0.5) is 0 Å². The maximum absolute atomic E-state index is 5.44. The summed E-state index contributed by atoms with van der Waals surface area (Å²) in [5, 5.41) is 0. The van der Waals surface area contributed by atoms with Crippen molar-refractivity contribution in [2.45, 2.75) is 20.3 Å². The van der Waals surface area contributed by atoms with Crippen LogP contribution in [-0.2, 0) is 6.42 Å². The van der Waals surface area contributed by atoms with E-state index < -0.39 is 0 Å². The predicted molar refractivity (Wildman–Crippen MR) is 78.0 cm³/mol. The Bertz CT molecular complexity index is 438. The molecule has 0 fully saturated rings. The molecule has 0 radical (unpaired) electrons. The maximum atomic E-state index is 5.44. The van der Waals surface area contributed by atoms with Crippen LogP contribution in [-0.4, -0.2) is 13.2 Å². The van der Waals surface area contributed by atoms with Gasteiger partial charge in [0, 0.05) is 0 Å². The van der Waals surface area contributed by atoms with E-state index in [4.69, 9.17) is 9.47 Å². The molecule has 0 aromatic heterocycles. The van der Waals surface area contributed by atoms with Gasteiger partial charge in [-0.05, 0) is 55.7 Å². The molecule has 2 aromatic rings. The summed E-state index contributed by atoms with van der Waals surface area (Å²) in [6.07, 6.45) is 0.929. The summed E-state index contributed by atoms with van der Waals surface area (Å²) in [5.41, 5.74) is 2.57. The van der Waals surface area contributed by atoms with Gasteiger partial charge < -0.3 is 9.47 Å². The van der Waals surface area contributed by atoms with Gasteiger partial charge in [0.15, 0.2) is 0 Å². The van der Waals surface area contributed by atoms with E-state index in [1.54, 1.807) is 0 Å². The zero-order valence-corrected chi connectivity index (χ0v) is 11.6. The van der Waals surface area contributed by atoms with Crippen molar-refractivity contribution in [3.05, 3.63) is 59.7 Å². The third-order valence-corrected chi connectivity index (χ3v) is 2.88. The molecule has 0 amide bonds. The van der Waals surface area contributed by atoms with Gasteiger partial charge in [0.1, 0.15) is 11.5 Å². The highest BCUT2D eigenvalue weighted by Crippen LogP contribution is 2.17. The third-order valence-electron chi connectivity index (χ3n) is 2.88. The van der Waals surface area contributed by atoms with Crippen LogP contribution >= 0.6 is 0 Å². The Morgan fingerprint density at radius 1 is 0.632 bits per heavy atom. The minimum absolute atomic E-state index is 0.707. The Labute approximate surface area is 115 Å². The van der Waals surface area contributed by atoms with Gasteiger partial charge in [0.2, 0.25) is 0 Å². The highest BCUT2D eigenvalue weighted by Gasteiger charge is 1.99. The molecule has 0 N–H and O–H groups in total. The minimum Gasteiger partial charge on any atom is -0.494 e. The van der Waals surface area contributed by atoms with E-state index in [1.165, 1.54) is 11.1 Å². The lowest BCUT2D eigenvalue weighted by molar-refractivity contribution is 0.340. The van der Waals surface area contributed by atoms with Crippen molar-refractivity contribution in [2.75, 3.05) is 13.2 Å². The number of hydrogen-bond donors (Lipinski definition) is 0. The van der Waals surface area contributed by atoms with Crippen LogP contribution < -0.4 is 9.47 Å². The molecule has 0 spiro atoms. The molecule has 0 aliphatic carbocycles. The van der Waals surface area contributed by atoms with E-state index in [-0.39, 0.29) is 0 Å². The zero-order chi connectivity index (χ0) is 13.5. The number of ether oxygens (including phenoxy) is 2. The van der Waals surface area contributed by atoms with Gasteiger partial charge in [-0.3, -0.25) is 0 Å². The van der Waals surface area contributed by atoms with E-state index in [2.05, 4.69) is 24.3 Å². The minimum atomic E-state index is 0.707. The summed E-state index contributed by atoms with van der Waals surface area (Å²) in [7, 11) is 0. The zero-order valence-electron chi connectivity index (χ0n) is 11.6. The van der Waals surface area contributed by atoms with Crippen molar-refractivity contribution in [1.29, 1.82) is 0 Å². The summed E-state index contributed by atoms with van der Waals surface area (Å²) >= 11 is 0. The Morgan fingerprint density at radius 3 is 1.32 bits per heavy atom. The summed E-state index contributed by atoms with van der Waals surface area (Å²) in [6.45, 7) is 5.40. The topological polar surface area (TPSA) is 18.5 Å². The molecule has 19 heavy (non-hydrogen) atoms. The quantitative estimate of drug-likeness (QED) is 0.775. The highest BCUT2D eigenvalue weighted by molar-refractivity contribution is 5.34. The Hall–Kier alpha value is -1.96.